The Morgan fingerprint density at radius 3 is 2.47 bits per heavy atom. The van der Waals surface area contributed by atoms with Crippen molar-refractivity contribution in [3.8, 4) is 0 Å². The summed E-state index contributed by atoms with van der Waals surface area (Å²) in [6.07, 6.45) is 5.86. The molecule has 0 bridgehead atoms. The molecule has 0 saturated heterocycles. The standard InChI is InChI=1S/C11H15N3O4S/c15-14(16)11-7-6-10(8-12-11)19(17,18)13-9-4-2-1-3-5-9/h6-9,13H,1-5H2. The van der Waals surface area contributed by atoms with Crippen LogP contribution < -0.4 is 4.72 Å². The number of aromatic nitrogens is 1. The first-order chi connectivity index (χ1) is 8.99. The Morgan fingerprint density at radius 2 is 1.95 bits per heavy atom. The molecular formula is C11H15N3O4S. The summed E-state index contributed by atoms with van der Waals surface area (Å²) in [4.78, 5) is 13.3. The third-order valence-corrected chi connectivity index (χ3v) is 4.65. The van der Waals surface area contributed by atoms with Crippen LogP contribution in [0.15, 0.2) is 23.2 Å². The first kappa shape index (κ1) is 13.9. The van der Waals surface area contributed by atoms with Gasteiger partial charge in [-0.1, -0.05) is 19.3 Å². The summed E-state index contributed by atoms with van der Waals surface area (Å²) in [5.41, 5.74) is 0. The molecule has 2 rings (SSSR count). The third kappa shape index (κ3) is 3.48. The lowest BCUT2D eigenvalue weighted by Crippen LogP contribution is -2.36. The van der Waals surface area contributed by atoms with E-state index >= 15 is 0 Å². The highest BCUT2D eigenvalue weighted by Gasteiger charge is 2.23. The van der Waals surface area contributed by atoms with Crippen molar-refractivity contribution in [1.29, 1.82) is 0 Å². The van der Waals surface area contributed by atoms with Crippen molar-refractivity contribution in [2.24, 2.45) is 0 Å². The summed E-state index contributed by atoms with van der Waals surface area (Å²) in [6.45, 7) is 0. The van der Waals surface area contributed by atoms with E-state index in [0.29, 0.717) is 0 Å². The second-order valence-electron chi connectivity index (χ2n) is 4.57. The molecule has 0 amide bonds. The fourth-order valence-corrected chi connectivity index (χ4v) is 3.40. The summed E-state index contributed by atoms with van der Waals surface area (Å²) in [7, 11) is -3.64. The Kier molecular flexibility index (Phi) is 4.11. The van der Waals surface area contributed by atoms with Gasteiger partial charge in [0.15, 0.2) is 6.20 Å². The van der Waals surface area contributed by atoms with E-state index in [0.717, 1.165) is 44.4 Å². The maximum Gasteiger partial charge on any atom is 0.363 e. The van der Waals surface area contributed by atoms with E-state index in [2.05, 4.69) is 9.71 Å². The van der Waals surface area contributed by atoms with Crippen LogP contribution in [-0.4, -0.2) is 24.4 Å². The predicted molar refractivity (Wildman–Crippen MR) is 68.1 cm³/mol. The molecule has 19 heavy (non-hydrogen) atoms. The van der Waals surface area contributed by atoms with Gasteiger partial charge in [-0.3, -0.25) is 0 Å². The van der Waals surface area contributed by atoms with Crippen LogP contribution in [0, 0.1) is 10.1 Å². The van der Waals surface area contributed by atoms with Gasteiger partial charge in [-0.05, 0) is 28.8 Å². The van der Waals surface area contributed by atoms with Crippen LogP contribution in [0.4, 0.5) is 5.82 Å². The zero-order chi connectivity index (χ0) is 13.9. The molecule has 8 heteroatoms. The van der Waals surface area contributed by atoms with Gasteiger partial charge in [0.25, 0.3) is 0 Å². The molecule has 0 unspecified atom stereocenters. The van der Waals surface area contributed by atoms with Crippen molar-refractivity contribution in [3.63, 3.8) is 0 Å². The summed E-state index contributed by atoms with van der Waals surface area (Å²) in [6, 6.07) is 2.25. The molecule has 7 nitrogen and oxygen atoms in total. The number of nitrogens with one attached hydrogen (secondary N) is 1. The highest BCUT2D eigenvalue weighted by atomic mass is 32.2. The molecule has 1 aliphatic carbocycles. The summed E-state index contributed by atoms with van der Waals surface area (Å²) >= 11 is 0. The predicted octanol–water partition coefficient (Wildman–Crippen LogP) is 1.60. The Bertz CT molecular complexity index is 550. The van der Waals surface area contributed by atoms with Crippen LogP contribution in [-0.2, 0) is 10.0 Å². The van der Waals surface area contributed by atoms with E-state index in [9.17, 15) is 18.5 Å². The lowest BCUT2D eigenvalue weighted by atomic mass is 9.96. The minimum absolute atomic E-state index is 0.0383. The normalized spacial score (nSPS) is 17.3. The first-order valence-electron chi connectivity index (χ1n) is 6.12. The molecular weight excluding hydrogens is 270 g/mol. The maximum atomic E-state index is 12.1. The fraction of sp³-hybridized carbons (Fsp3) is 0.545. The number of nitro groups is 1. The lowest BCUT2D eigenvalue weighted by molar-refractivity contribution is -0.389. The van der Waals surface area contributed by atoms with Gasteiger partial charge in [0.2, 0.25) is 10.0 Å². The van der Waals surface area contributed by atoms with E-state index in [1.54, 1.807) is 0 Å². The molecule has 1 saturated carbocycles. The zero-order valence-electron chi connectivity index (χ0n) is 10.3. The van der Waals surface area contributed by atoms with Crippen molar-refractivity contribution in [1.82, 2.24) is 9.71 Å². The van der Waals surface area contributed by atoms with Gasteiger partial charge in [0.1, 0.15) is 4.90 Å². The zero-order valence-corrected chi connectivity index (χ0v) is 11.1. The minimum Gasteiger partial charge on any atom is -0.358 e. The Hall–Kier alpha value is -1.54. The molecule has 1 aromatic rings. The van der Waals surface area contributed by atoms with Crippen LogP contribution in [0.25, 0.3) is 0 Å². The molecule has 1 aromatic heterocycles. The van der Waals surface area contributed by atoms with E-state index in [-0.39, 0.29) is 16.8 Å². The lowest BCUT2D eigenvalue weighted by Gasteiger charge is -2.22. The summed E-state index contributed by atoms with van der Waals surface area (Å²) < 4.78 is 26.7. The summed E-state index contributed by atoms with van der Waals surface area (Å²) in [5.74, 6) is -0.364. The van der Waals surface area contributed by atoms with Crippen LogP contribution in [0.2, 0.25) is 0 Å². The van der Waals surface area contributed by atoms with Crippen LogP contribution >= 0.6 is 0 Å². The molecule has 1 heterocycles. The van der Waals surface area contributed by atoms with Gasteiger partial charge in [-0.25, -0.2) is 13.1 Å². The highest BCUT2D eigenvalue weighted by Crippen LogP contribution is 2.20. The number of sulfonamides is 1. The number of hydrogen-bond acceptors (Lipinski definition) is 5. The second-order valence-corrected chi connectivity index (χ2v) is 6.28. The van der Waals surface area contributed by atoms with Gasteiger partial charge in [0, 0.05) is 12.1 Å². The SMILES string of the molecule is O=[N+]([O-])c1ccc(S(=O)(=O)NC2CCCCC2)cn1. The molecule has 1 N–H and O–H groups in total. The number of pyridine rings is 1. The molecule has 0 atom stereocenters. The molecule has 104 valence electrons. The monoisotopic (exact) mass is 285 g/mol. The number of nitrogens with zero attached hydrogens (tertiary/aromatic N) is 2. The van der Waals surface area contributed by atoms with Gasteiger partial charge >= 0.3 is 5.82 Å². The summed E-state index contributed by atoms with van der Waals surface area (Å²) in [5, 5.41) is 10.5. The van der Waals surface area contributed by atoms with Crippen molar-refractivity contribution in [2.45, 2.75) is 43.0 Å². The average Bonchev–Trinajstić information content (AvgIpc) is 2.39. The van der Waals surface area contributed by atoms with Gasteiger partial charge in [0.05, 0.1) is 0 Å². The van der Waals surface area contributed by atoms with Crippen molar-refractivity contribution < 1.29 is 13.3 Å². The quantitative estimate of drug-likeness (QED) is 0.668. The molecule has 0 aromatic carbocycles. The number of rotatable bonds is 4. The van der Waals surface area contributed by atoms with E-state index in [4.69, 9.17) is 0 Å². The molecule has 0 aliphatic heterocycles. The van der Waals surface area contributed by atoms with E-state index in [1.807, 2.05) is 0 Å². The Balaban J connectivity index is 2.12. The third-order valence-electron chi connectivity index (χ3n) is 3.15. The molecule has 0 spiro atoms. The van der Waals surface area contributed by atoms with Gasteiger partial charge in [-0.15, -0.1) is 0 Å². The minimum atomic E-state index is -3.64. The first-order valence-corrected chi connectivity index (χ1v) is 7.60. The highest BCUT2D eigenvalue weighted by molar-refractivity contribution is 7.89. The van der Waals surface area contributed by atoms with Crippen LogP contribution in [0.5, 0.6) is 0 Å². The van der Waals surface area contributed by atoms with E-state index in [1.165, 1.54) is 6.07 Å². The fourth-order valence-electron chi connectivity index (χ4n) is 2.15. The van der Waals surface area contributed by atoms with Crippen LogP contribution in [0.3, 0.4) is 0 Å². The van der Waals surface area contributed by atoms with Gasteiger partial charge in [-0.2, -0.15) is 0 Å². The maximum absolute atomic E-state index is 12.1. The van der Waals surface area contributed by atoms with Crippen molar-refractivity contribution in [2.75, 3.05) is 0 Å². The van der Waals surface area contributed by atoms with Crippen LogP contribution in [0.1, 0.15) is 32.1 Å². The topological polar surface area (TPSA) is 102 Å². The molecule has 1 fully saturated rings. The second kappa shape index (κ2) is 5.62. The Morgan fingerprint density at radius 1 is 1.26 bits per heavy atom. The number of hydrogen-bond donors (Lipinski definition) is 1. The van der Waals surface area contributed by atoms with Crippen molar-refractivity contribution >= 4 is 15.8 Å². The van der Waals surface area contributed by atoms with Gasteiger partial charge < -0.3 is 10.1 Å². The Labute approximate surface area is 111 Å². The largest absolute Gasteiger partial charge is 0.363 e. The smallest absolute Gasteiger partial charge is 0.358 e. The van der Waals surface area contributed by atoms with E-state index < -0.39 is 14.9 Å². The van der Waals surface area contributed by atoms with Crippen molar-refractivity contribution in [3.05, 3.63) is 28.4 Å². The molecule has 0 radical (unpaired) electrons. The average molecular weight is 285 g/mol. The molecule has 1 aliphatic rings.